The van der Waals surface area contributed by atoms with E-state index in [2.05, 4.69) is 10.3 Å². The van der Waals surface area contributed by atoms with Crippen molar-refractivity contribution in [3.05, 3.63) is 88.6 Å². The molecular formula is C26H25N4O5+. The number of nitrogens with zero attached hydrogens (tertiary/aromatic N) is 3. The van der Waals surface area contributed by atoms with Crippen molar-refractivity contribution in [3.8, 4) is 16.8 Å². The summed E-state index contributed by atoms with van der Waals surface area (Å²) in [5, 5.41) is 33.3. The van der Waals surface area contributed by atoms with Crippen LogP contribution in [0.25, 0.3) is 27.8 Å². The molecule has 178 valence electrons. The first-order valence-electron chi connectivity index (χ1n) is 11.3. The monoisotopic (exact) mass is 473 g/mol. The number of aliphatic hydroxyl groups excluding tert-OH is 1. The zero-order valence-electron chi connectivity index (χ0n) is 19.0. The SMILES string of the molecule is CC(O)(CO)c1ccc(-c2cccc(-n3cc(C(=O)NC4CC4)c(=O)c4cccnc43)c2)c[n+]1O. The topological polar surface area (TPSA) is 129 Å². The third-order valence-electron chi connectivity index (χ3n) is 6.17. The number of pyridine rings is 3. The van der Waals surface area contributed by atoms with Crippen LogP contribution in [-0.4, -0.2) is 43.5 Å². The van der Waals surface area contributed by atoms with Gasteiger partial charge in [-0.25, -0.2) is 4.98 Å². The average molecular weight is 474 g/mol. The zero-order chi connectivity index (χ0) is 24.7. The van der Waals surface area contributed by atoms with Crippen LogP contribution in [0.1, 0.15) is 35.8 Å². The molecule has 1 aromatic carbocycles. The van der Waals surface area contributed by atoms with Gasteiger partial charge in [0.2, 0.25) is 11.6 Å². The second-order valence-corrected chi connectivity index (χ2v) is 8.99. The largest absolute Gasteiger partial charge is 0.393 e. The lowest BCUT2D eigenvalue weighted by atomic mass is 10.0. The Morgan fingerprint density at radius 3 is 2.71 bits per heavy atom. The lowest BCUT2D eigenvalue weighted by Crippen LogP contribution is -2.44. The van der Waals surface area contributed by atoms with E-state index >= 15 is 0 Å². The Morgan fingerprint density at radius 1 is 1.20 bits per heavy atom. The van der Waals surface area contributed by atoms with Crippen LogP contribution in [0, 0.1) is 0 Å². The summed E-state index contributed by atoms with van der Waals surface area (Å²) in [5.74, 6) is -0.402. The predicted molar refractivity (Wildman–Crippen MR) is 127 cm³/mol. The van der Waals surface area contributed by atoms with E-state index in [1.807, 2.05) is 24.3 Å². The predicted octanol–water partition coefficient (Wildman–Crippen LogP) is 1.67. The summed E-state index contributed by atoms with van der Waals surface area (Å²) >= 11 is 0. The van der Waals surface area contributed by atoms with Crippen LogP contribution in [0.15, 0.2) is 71.9 Å². The molecule has 5 rings (SSSR count). The third kappa shape index (κ3) is 4.27. The summed E-state index contributed by atoms with van der Waals surface area (Å²) in [6.45, 7) is 0.853. The molecule has 1 atom stereocenters. The number of amides is 1. The number of hydrogen-bond acceptors (Lipinski definition) is 6. The smallest absolute Gasteiger partial charge is 0.267 e. The van der Waals surface area contributed by atoms with Crippen molar-refractivity contribution < 1.29 is 24.9 Å². The lowest BCUT2D eigenvalue weighted by Gasteiger charge is -2.16. The minimum Gasteiger partial charge on any atom is -0.393 e. The average Bonchev–Trinajstić information content (AvgIpc) is 3.68. The van der Waals surface area contributed by atoms with Gasteiger partial charge in [-0.15, -0.1) is 0 Å². The first-order chi connectivity index (χ1) is 16.8. The van der Waals surface area contributed by atoms with Crippen LogP contribution >= 0.6 is 0 Å². The van der Waals surface area contributed by atoms with Crippen molar-refractivity contribution in [1.29, 1.82) is 0 Å². The molecule has 1 amide bonds. The number of rotatable bonds is 6. The van der Waals surface area contributed by atoms with Crippen LogP contribution < -0.4 is 15.5 Å². The Morgan fingerprint density at radius 2 is 2.00 bits per heavy atom. The maximum atomic E-state index is 13.0. The maximum absolute atomic E-state index is 13.0. The summed E-state index contributed by atoms with van der Waals surface area (Å²) in [6.07, 6.45) is 6.37. The first-order valence-corrected chi connectivity index (χ1v) is 11.3. The van der Waals surface area contributed by atoms with E-state index in [0.717, 1.165) is 23.1 Å². The summed E-state index contributed by atoms with van der Waals surface area (Å²) < 4.78 is 2.49. The van der Waals surface area contributed by atoms with Crippen LogP contribution in [0.5, 0.6) is 0 Å². The van der Waals surface area contributed by atoms with E-state index in [4.69, 9.17) is 0 Å². The van der Waals surface area contributed by atoms with E-state index in [0.29, 0.717) is 22.3 Å². The van der Waals surface area contributed by atoms with Crippen molar-refractivity contribution >= 4 is 16.9 Å². The van der Waals surface area contributed by atoms with Crippen LogP contribution in [-0.2, 0) is 5.60 Å². The fraction of sp³-hybridized carbons (Fsp3) is 0.231. The Hall–Kier alpha value is -4.08. The number of carbonyl (C=O) groups is 1. The molecule has 1 aliphatic carbocycles. The first kappa shape index (κ1) is 22.7. The van der Waals surface area contributed by atoms with Gasteiger partial charge in [0.15, 0.2) is 5.60 Å². The summed E-state index contributed by atoms with van der Waals surface area (Å²) in [6, 6.07) is 14.0. The standard InChI is InChI=1S/C26H24N4O5/c1-26(34,15-31)22-10-7-17(13-30(22)35)16-4-2-5-19(12-16)29-14-21(25(33)28-18-8-9-18)23(32)20-6-3-11-27-24(20)29/h2-7,10-14,18,31,34H,8-9,15H2,1H3,(H-,28,33,35)/p+1. The van der Waals surface area contributed by atoms with E-state index in [9.17, 15) is 25.0 Å². The van der Waals surface area contributed by atoms with Crippen molar-refractivity contribution in [2.45, 2.75) is 31.4 Å². The molecule has 0 spiro atoms. The molecule has 1 fully saturated rings. The van der Waals surface area contributed by atoms with Gasteiger partial charge in [-0.2, -0.15) is 0 Å². The van der Waals surface area contributed by atoms with Gasteiger partial charge in [-0.1, -0.05) is 12.1 Å². The molecule has 1 aliphatic rings. The van der Waals surface area contributed by atoms with Crippen LogP contribution in [0.3, 0.4) is 0 Å². The Kier molecular flexibility index (Phi) is 5.58. The second kappa shape index (κ2) is 8.61. The van der Waals surface area contributed by atoms with Gasteiger partial charge >= 0.3 is 0 Å². The molecule has 4 N–H and O–H groups in total. The van der Waals surface area contributed by atoms with Crippen LogP contribution in [0.2, 0.25) is 0 Å². The number of fused-ring (bicyclic) bond motifs is 1. The molecule has 0 aliphatic heterocycles. The van der Waals surface area contributed by atoms with Gasteiger partial charge in [0.25, 0.3) is 11.6 Å². The molecule has 0 radical (unpaired) electrons. The lowest BCUT2D eigenvalue weighted by molar-refractivity contribution is -0.912. The number of benzene rings is 1. The van der Waals surface area contributed by atoms with E-state index in [1.165, 1.54) is 25.4 Å². The summed E-state index contributed by atoms with van der Waals surface area (Å²) in [7, 11) is 0. The molecule has 4 aromatic rings. The molecular weight excluding hydrogens is 448 g/mol. The molecule has 9 heteroatoms. The summed E-state index contributed by atoms with van der Waals surface area (Å²) in [5.41, 5.74) is 0.698. The van der Waals surface area contributed by atoms with Crippen molar-refractivity contribution in [1.82, 2.24) is 14.9 Å². The summed E-state index contributed by atoms with van der Waals surface area (Å²) in [4.78, 5) is 30.2. The van der Waals surface area contributed by atoms with Crippen LogP contribution in [0.4, 0.5) is 0 Å². The molecule has 3 heterocycles. The van der Waals surface area contributed by atoms with Crippen molar-refractivity contribution in [3.63, 3.8) is 0 Å². The minimum absolute atomic E-state index is 0.0478. The number of aromatic nitrogens is 3. The Bertz CT molecular complexity index is 1510. The van der Waals surface area contributed by atoms with E-state index in [1.54, 1.807) is 29.0 Å². The highest BCUT2D eigenvalue weighted by Crippen LogP contribution is 2.25. The number of nitrogens with one attached hydrogen (secondary N) is 1. The second-order valence-electron chi connectivity index (χ2n) is 8.99. The zero-order valence-corrected chi connectivity index (χ0v) is 19.0. The Balaban J connectivity index is 1.61. The van der Waals surface area contributed by atoms with E-state index in [-0.39, 0.29) is 22.7 Å². The molecule has 35 heavy (non-hydrogen) atoms. The molecule has 9 nitrogen and oxygen atoms in total. The quantitative estimate of drug-likeness (QED) is 0.249. The number of aliphatic hydroxyl groups is 2. The number of hydrogen-bond donors (Lipinski definition) is 4. The van der Waals surface area contributed by atoms with Gasteiger partial charge in [0.05, 0.1) is 17.6 Å². The van der Waals surface area contributed by atoms with Crippen molar-refractivity contribution in [2.24, 2.45) is 0 Å². The van der Waals surface area contributed by atoms with Gasteiger partial charge in [-0.3, -0.25) is 14.8 Å². The highest BCUT2D eigenvalue weighted by atomic mass is 16.5. The highest BCUT2D eigenvalue weighted by Gasteiger charge is 2.33. The molecule has 0 bridgehead atoms. The Labute approximate surface area is 200 Å². The third-order valence-corrected chi connectivity index (χ3v) is 6.17. The highest BCUT2D eigenvalue weighted by molar-refractivity contribution is 5.97. The van der Waals surface area contributed by atoms with Gasteiger partial charge < -0.3 is 20.1 Å². The molecule has 0 saturated heterocycles. The fourth-order valence-electron chi connectivity index (χ4n) is 4.01. The van der Waals surface area contributed by atoms with Gasteiger partial charge in [-0.05, 0) is 55.7 Å². The normalized spacial score (nSPS) is 15.1. The number of carbonyl (C=O) groups excluding carboxylic acids is 1. The molecule has 3 aromatic heterocycles. The fourth-order valence-corrected chi connectivity index (χ4v) is 4.01. The van der Waals surface area contributed by atoms with E-state index < -0.39 is 18.1 Å². The van der Waals surface area contributed by atoms with Gasteiger partial charge in [0, 0.05) is 34.9 Å². The van der Waals surface area contributed by atoms with Crippen molar-refractivity contribution in [2.75, 3.05) is 6.61 Å². The minimum atomic E-state index is -1.60. The van der Waals surface area contributed by atoms with Gasteiger partial charge in [0.1, 0.15) is 11.2 Å². The molecule has 1 unspecified atom stereocenters. The molecule has 1 saturated carbocycles. The maximum Gasteiger partial charge on any atom is 0.267 e.